The Balaban J connectivity index is 1.37. The number of carbonyl (C=O) groups excluding carboxylic acids is 1. The van der Waals surface area contributed by atoms with E-state index < -0.39 is 0 Å². The van der Waals surface area contributed by atoms with E-state index in [2.05, 4.69) is 32.5 Å². The van der Waals surface area contributed by atoms with Gasteiger partial charge in [0.25, 0.3) is 5.95 Å². The van der Waals surface area contributed by atoms with E-state index in [1.54, 1.807) is 23.1 Å². The quantitative estimate of drug-likeness (QED) is 0.504. The van der Waals surface area contributed by atoms with E-state index in [-0.39, 0.29) is 11.8 Å². The van der Waals surface area contributed by atoms with Gasteiger partial charge in [0.05, 0.1) is 12.3 Å². The summed E-state index contributed by atoms with van der Waals surface area (Å²) in [6.45, 7) is 2.56. The molecule has 0 saturated heterocycles. The molecular formula is C25H23N5O2. The number of amides is 1. The molecule has 0 radical (unpaired) electrons. The van der Waals surface area contributed by atoms with Crippen LogP contribution in [-0.2, 0) is 11.2 Å². The van der Waals surface area contributed by atoms with Gasteiger partial charge in [-0.15, -0.1) is 0 Å². The van der Waals surface area contributed by atoms with Crippen molar-refractivity contribution in [1.82, 2.24) is 19.7 Å². The SMILES string of the molecule is Cc1nn(-c2ncccn2)c2c1[C@@H](c1ccc(OCCc3ccccc3)cc1)CC(=O)N2. The number of nitrogens with one attached hydrogen (secondary N) is 1. The lowest BCUT2D eigenvalue weighted by molar-refractivity contribution is -0.116. The summed E-state index contributed by atoms with van der Waals surface area (Å²) in [4.78, 5) is 21.1. The van der Waals surface area contributed by atoms with Gasteiger partial charge in [0.1, 0.15) is 11.6 Å². The van der Waals surface area contributed by atoms with Crippen LogP contribution < -0.4 is 10.1 Å². The van der Waals surface area contributed by atoms with E-state index in [1.807, 2.05) is 49.4 Å². The highest BCUT2D eigenvalue weighted by Crippen LogP contribution is 2.40. The number of anilines is 1. The minimum atomic E-state index is -0.0884. The van der Waals surface area contributed by atoms with Gasteiger partial charge in [-0.05, 0) is 36.2 Å². The molecule has 7 nitrogen and oxygen atoms in total. The molecule has 32 heavy (non-hydrogen) atoms. The van der Waals surface area contributed by atoms with Gasteiger partial charge in [-0.25, -0.2) is 9.97 Å². The number of ether oxygens (including phenoxy) is 1. The number of benzene rings is 2. The molecule has 2 aromatic heterocycles. The fourth-order valence-corrected chi connectivity index (χ4v) is 4.10. The van der Waals surface area contributed by atoms with E-state index in [9.17, 15) is 4.79 Å². The molecule has 160 valence electrons. The minimum Gasteiger partial charge on any atom is -0.493 e. The lowest BCUT2D eigenvalue weighted by atomic mass is 9.86. The van der Waals surface area contributed by atoms with E-state index in [0.717, 1.165) is 29.0 Å². The highest BCUT2D eigenvalue weighted by Gasteiger charge is 2.33. The van der Waals surface area contributed by atoms with E-state index >= 15 is 0 Å². The molecule has 5 rings (SSSR count). The number of fused-ring (bicyclic) bond motifs is 1. The largest absolute Gasteiger partial charge is 0.493 e. The van der Waals surface area contributed by atoms with Gasteiger partial charge in [0.15, 0.2) is 0 Å². The summed E-state index contributed by atoms with van der Waals surface area (Å²) in [6, 6.07) is 20.0. The summed E-state index contributed by atoms with van der Waals surface area (Å²) in [5.74, 6) is 1.74. The van der Waals surface area contributed by atoms with Crippen LogP contribution in [0.25, 0.3) is 5.95 Å². The van der Waals surface area contributed by atoms with Gasteiger partial charge in [-0.3, -0.25) is 4.79 Å². The lowest BCUT2D eigenvalue weighted by Gasteiger charge is -2.24. The molecule has 1 N–H and O–H groups in total. The average Bonchev–Trinajstić information content (AvgIpc) is 3.16. The Hall–Kier alpha value is -4.00. The standard InChI is InChI=1S/C25H23N5O2/c1-17-23-21(16-22(31)28-24(23)30(29-17)25-26-13-5-14-27-25)19-8-10-20(11-9-19)32-15-12-18-6-3-2-4-7-18/h2-11,13-14,21H,12,15-16H2,1H3,(H,28,31)/t21-/m1/s1. The molecule has 4 aromatic rings. The van der Waals surface area contributed by atoms with Crippen molar-refractivity contribution in [1.29, 1.82) is 0 Å². The third kappa shape index (κ3) is 3.97. The van der Waals surface area contributed by atoms with E-state index in [1.165, 1.54) is 5.56 Å². The molecular weight excluding hydrogens is 402 g/mol. The van der Waals surface area contributed by atoms with Crippen LogP contribution in [-0.4, -0.2) is 32.3 Å². The minimum absolute atomic E-state index is 0.0530. The molecule has 0 aliphatic carbocycles. The van der Waals surface area contributed by atoms with Crippen LogP contribution >= 0.6 is 0 Å². The lowest BCUT2D eigenvalue weighted by Crippen LogP contribution is -2.25. The fourth-order valence-electron chi connectivity index (χ4n) is 4.10. The first-order chi connectivity index (χ1) is 15.7. The third-order valence-electron chi connectivity index (χ3n) is 5.63. The van der Waals surface area contributed by atoms with Crippen LogP contribution in [0.3, 0.4) is 0 Å². The van der Waals surface area contributed by atoms with Crippen LogP contribution in [0.1, 0.15) is 34.7 Å². The Kier molecular flexibility index (Phi) is 5.37. The molecule has 7 heteroatoms. The molecule has 0 bridgehead atoms. The molecule has 1 atom stereocenters. The van der Waals surface area contributed by atoms with E-state index in [0.29, 0.717) is 24.8 Å². The number of rotatable bonds is 6. The molecule has 1 aliphatic heterocycles. The maximum absolute atomic E-state index is 12.5. The fraction of sp³-hybridized carbons (Fsp3) is 0.200. The maximum Gasteiger partial charge on any atom is 0.252 e. The molecule has 0 spiro atoms. The van der Waals surface area contributed by atoms with Gasteiger partial charge < -0.3 is 10.1 Å². The smallest absolute Gasteiger partial charge is 0.252 e. The van der Waals surface area contributed by atoms with Gasteiger partial charge in [-0.2, -0.15) is 9.78 Å². The molecule has 0 fully saturated rings. The van der Waals surface area contributed by atoms with Crippen molar-refractivity contribution in [3.63, 3.8) is 0 Å². The Morgan fingerprint density at radius 3 is 2.53 bits per heavy atom. The first kappa shape index (κ1) is 19.9. The highest BCUT2D eigenvalue weighted by atomic mass is 16.5. The molecule has 1 aliphatic rings. The normalized spacial score (nSPS) is 15.2. The van der Waals surface area contributed by atoms with Gasteiger partial charge in [-0.1, -0.05) is 42.5 Å². The number of nitrogens with zero attached hydrogens (tertiary/aromatic N) is 4. The number of hydrogen-bond acceptors (Lipinski definition) is 5. The average molecular weight is 425 g/mol. The van der Waals surface area contributed by atoms with Crippen LogP contribution in [0.2, 0.25) is 0 Å². The van der Waals surface area contributed by atoms with Crippen molar-refractivity contribution in [2.24, 2.45) is 0 Å². The number of hydrogen-bond donors (Lipinski definition) is 1. The summed E-state index contributed by atoms with van der Waals surface area (Å²) in [5, 5.41) is 7.57. The zero-order chi connectivity index (χ0) is 21.9. The Bertz CT molecular complexity index is 1220. The van der Waals surface area contributed by atoms with Crippen molar-refractivity contribution >= 4 is 11.7 Å². The Morgan fingerprint density at radius 1 is 1.03 bits per heavy atom. The molecule has 0 unspecified atom stereocenters. The molecule has 2 aromatic carbocycles. The third-order valence-corrected chi connectivity index (χ3v) is 5.63. The second kappa shape index (κ2) is 8.63. The van der Waals surface area contributed by atoms with Gasteiger partial charge in [0.2, 0.25) is 5.91 Å². The monoisotopic (exact) mass is 425 g/mol. The topological polar surface area (TPSA) is 81.9 Å². The molecule has 0 saturated carbocycles. The van der Waals surface area contributed by atoms with Crippen LogP contribution in [0.5, 0.6) is 5.75 Å². The highest BCUT2D eigenvalue weighted by molar-refractivity contribution is 5.95. The first-order valence-corrected chi connectivity index (χ1v) is 10.6. The summed E-state index contributed by atoms with van der Waals surface area (Å²) in [7, 11) is 0. The zero-order valence-corrected chi connectivity index (χ0v) is 17.7. The van der Waals surface area contributed by atoms with E-state index in [4.69, 9.17) is 4.74 Å². The van der Waals surface area contributed by atoms with Crippen LogP contribution in [0.4, 0.5) is 5.82 Å². The summed E-state index contributed by atoms with van der Waals surface area (Å²) >= 11 is 0. The van der Waals surface area contributed by atoms with Crippen molar-refractivity contribution in [3.8, 4) is 11.7 Å². The van der Waals surface area contributed by atoms with Crippen LogP contribution in [0.15, 0.2) is 73.1 Å². The number of aromatic nitrogens is 4. The van der Waals surface area contributed by atoms with Gasteiger partial charge in [0, 0.05) is 36.7 Å². The van der Waals surface area contributed by atoms with Crippen molar-refractivity contribution in [3.05, 3.63) is 95.4 Å². The number of aryl methyl sites for hydroxylation is 1. The first-order valence-electron chi connectivity index (χ1n) is 10.6. The Labute approximate surface area is 186 Å². The second-order valence-corrected chi connectivity index (χ2v) is 7.77. The summed E-state index contributed by atoms with van der Waals surface area (Å²) in [5.41, 5.74) is 4.14. The second-order valence-electron chi connectivity index (χ2n) is 7.77. The summed E-state index contributed by atoms with van der Waals surface area (Å²) < 4.78 is 7.52. The predicted octanol–water partition coefficient (Wildman–Crippen LogP) is 4.07. The van der Waals surface area contributed by atoms with Crippen molar-refractivity contribution in [2.75, 3.05) is 11.9 Å². The predicted molar refractivity (Wildman–Crippen MR) is 121 cm³/mol. The van der Waals surface area contributed by atoms with Crippen LogP contribution in [0, 0.1) is 6.92 Å². The zero-order valence-electron chi connectivity index (χ0n) is 17.7. The molecule has 1 amide bonds. The molecule has 3 heterocycles. The van der Waals surface area contributed by atoms with Crippen molar-refractivity contribution < 1.29 is 9.53 Å². The Morgan fingerprint density at radius 2 is 1.78 bits per heavy atom. The number of carbonyl (C=O) groups is 1. The van der Waals surface area contributed by atoms with Gasteiger partial charge >= 0.3 is 0 Å². The summed E-state index contributed by atoms with van der Waals surface area (Å²) in [6.07, 6.45) is 4.53. The van der Waals surface area contributed by atoms with Crippen molar-refractivity contribution in [2.45, 2.75) is 25.7 Å². The maximum atomic E-state index is 12.5.